The van der Waals surface area contributed by atoms with Crippen LogP contribution >= 0.6 is 0 Å². The summed E-state index contributed by atoms with van der Waals surface area (Å²) in [5.41, 5.74) is 2.66. The van der Waals surface area contributed by atoms with Crippen molar-refractivity contribution in [1.82, 2.24) is 0 Å². The Morgan fingerprint density at radius 2 is 1.81 bits per heavy atom. The van der Waals surface area contributed by atoms with Gasteiger partial charge in [0.15, 0.2) is 0 Å². The van der Waals surface area contributed by atoms with Crippen LogP contribution < -0.4 is 0 Å². The zero-order valence-electron chi connectivity index (χ0n) is 13.7. The topological polar surface area (TPSA) is 37.3 Å². The molecule has 0 spiro atoms. The molecule has 1 aliphatic carbocycles. The maximum atomic E-state index is 11.1. The summed E-state index contributed by atoms with van der Waals surface area (Å²) in [4.78, 5) is 11.1. The van der Waals surface area contributed by atoms with E-state index in [1.54, 1.807) is 6.92 Å². The van der Waals surface area contributed by atoms with E-state index in [0.29, 0.717) is 11.3 Å². The van der Waals surface area contributed by atoms with Crippen LogP contribution in [0, 0.1) is 11.3 Å². The van der Waals surface area contributed by atoms with Gasteiger partial charge in [-0.25, -0.2) is 0 Å². The van der Waals surface area contributed by atoms with Crippen LogP contribution in [0.2, 0.25) is 0 Å². The van der Waals surface area contributed by atoms with Crippen LogP contribution in [0.3, 0.4) is 0 Å². The van der Waals surface area contributed by atoms with E-state index in [2.05, 4.69) is 32.9 Å². The van der Waals surface area contributed by atoms with Crippen molar-refractivity contribution in [2.75, 3.05) is 0 Å². The van der Waals surface area contributed by atoms with Crippen molar-refractivity contribution in [3.8, 4) is 0 Å². The Hall–Kier alpha value is -1.31. The van der Waals surface area contributed by atoms with Gasteiger partial charge in [0, 0.05) is 0 Å². The molecule has 1 atom stereocenters. The highest BCUT2D eigenvalue weighted by Crippen LogP contribution is 2.43. The van der Waals surface area contributed by atoms with Crippen LogP contribution in [0.15, 0.2) is 24.3 Å². The summed E-state index contributed by atoms with van der Waals surface area (Å²) < 4.78 is 0. The number of hydrogen-bond donors (Lipinski definition) is 1. The highest BCUT2D eigenvalue weighted by Gasteiger charge is 2.30. The number of benzene rings is 1. The Labute approximate surface area is 128 Å². The van der Waals surface area contributed by atoms with Crippen LogP contribution in [0.25, 0.3) is 0 Å². The lowest BCUT2D eigenvalue weighted by Gasteiger charge is -2.37. The minimum absolute atomic E-state index is 0.407. The third-order valence-corrected chi connectivity index (χ3v) is 5.20. The van der Waals surface area contributed by atoms with Crippen LogP contribution in [0.5, 0.6) is 0 Å². The first kappa shape index (κ1) is 16.1. The lowest BCUT2D eigenvalue weighted by molar-refractivity contribution is -0.138. The fraction of sp³-hybridized carbons (Fsp3) is 0.632. The average molecular weight is 288 g/mol. The number of carbonyl (C=O) groups is 1. The predicted octanol–water partition coefficient (Wildman–Crippen LogP) is 5.19. The molecule has 1 aromatic rings. The molecule has 1 saturated carbocycles. The van der Waals surface area contributed by atoms with Crippen molar-refractivity contribution < 1.29 is 9.90 Å². The van der Waals surface area contributed by atoms with Crippen LogP contribution in [0.1, 0.15) is 76.3 Å². The summed E-state index contributed by atoms with van der Waals surface area (Å²) >= 11 is 0. The molecule has 2 heteroatoms. The van der Waals surface area contributed by atoms with E-state index in [-0.39, 0.29) is 0 Å². The van der Waals surface area contributed by atoms with Crippen molar-refractivity contribution in [3.63, 3.8) is 0 Å². The van der Waals surface area contributed by atoms with Crippen molar-refractivity contribution in [3.05, 3.63) is 35.4 Å². The molecule has 0 aliphatic heterocycles. The van der Waals surface area contributed by atoms with E-state index in [9.17, 15) is 4.79 Å². The molecule has 2 nitrogen and oxygen atoms in total. The Morgan fingerprint density at radius 1 is 1.19 bits per heavy atom. The quantitative estimate of drug-likeness (QED) is 0.830. The minimum Gasteiger partial charge on any atom is -0.481 e. The third-order valence-electron chi connectivity index (χ3n) is 5.20. The molecule has 0 saturated heterocycles. The number of hydrogen-bond acceptors (Lipinski definition) is 1. The second-order valence-electron chi connectivity index (χ2n) is 7.64. The molecule has 116 valence electrons. The number of carboxylic acid groups (broad SMARTS) is 1. The Kier molecular flexibility index (Phi) is 4.75. The molecule has 1 aliphatic rings. The highest BCUT2D eigenvalue weighted by atomic mass is 16.4. The monoisotopic (exact) mass is 288 g/mol. The van der Waals surface area contributed by atoms with E-state index < -0.39 is 11.9 Å². The summed E-state index contributed by atoms with van der Waals surface area (Å²) in [6, 6.07) is 8.23. The average Bonchev–Trinajstić information content (AvgIpc) is 2.46. The molecule has 0 bridgehead atoms. The van der Waals surface area contributed by atoms with Gasteiger partial charge in [0.25, 0.3) is 0 Å². The van der Waals surface area contributed by atoms with Gasteiger partial charge in [-0.3, -0.25) is 4.79 Å². The standard InChI is InChI=1S/C19H28O2/c1-13(18(20)21)15-6-5-7-16(12-15)14-8-10-17(11-9-14)19(2,3)4/h5-7,12-14,17H,8-11H2,1-4H3,(H,20,21). The van der Waals surface area contributed by atoms with Crippen molar-refractivity contribution in [1.29, 1.82) is 0 Å². The maximum absolute atomic E-state index is 11.1. The van der Waals surface area contributed by atoms with E-state index in [0.717, 1.165) is 11.5 Å². The third kappa shape index (κ3) is 3.87. The first-order chi connectivity index (χ1) is 9.79. The summed E-state index contributed by atoms with van der Waals surface area (Å²) in [5.74, 6) is 0.249. The zero-order valence-corrected chi connectivity index (χ0v) is 13.7. The summed E-state index contributed by atoms with van der Waals surface area (Å²) in [5, 5.41) is 9.16. The lowest BCUT2D eigenvalue weighted by atomic mass is 9.68. The van der Waals surface area contributed by atoms with Crippen LogP contribution in [-0.4, -0.2) is 11.1 Å². The summed E-state index contributed by atoms with van der Waals surface area (Å²) in [6.07, 6.45) is 5.03. The number of rotatable bonds is 3. The van der Waals surface area contributed by atoms with Gasteiger partial charge >= 0.3 is 5.97 Å². The normalized spacial score (nSPS) is 24.6. The van der Waals surface area contributed by atoms with Gasteiger partial charge in [0.05, 0.1) is 5.92 Å². The molecule has 1 fully saturated rings. The molecular weight excluding hydrogens is 260 g/mol. The second-order valence-corrected chi connectivity index (χ2v) is 7.64. The van der Waals surface area contributed by atoms with Gasteiger partial charge in [-0.2, -0.15) is 0 Å². The van der Waals surface area contributed by atoms with E-state index in [4.69, 9.17) is 5.11 Å². The predicted molar refractivity (Wildman–Crippen MR) is 86.6 cm³/mol. The molecule has 1 aromatic carbocycles. The van der Waals surface area contributed by atoms with E-state index in [1.807, 2.05) is 12.1 Å². The van der Waals surface area contributed by atoms with Gasteiger partial charge in [-0.15, -0.1) is 0 Å². The van der Waals surface area contributed by atoms with Gasteiger partial charge in [0.1, 0.15) is 0 Å². The van der Waals surface area contributed by atoms with E-state index in [1.165, 1.54) is 31.2 Å². The molecular formula is C19H28O2. The Morgan fingerprint density at radius 3 is 2.33 bits per heavy atom. The number of carboxylic acids is 1. The molecule has 1 N–H and O–H groups in total. The molecule has 0 aromatic heterocycles. The molecule has 0 radical (unpaired) electrons. The molecule has 0 heterocycles. The summed E-state index contributed by atoms with van der Waals surface area (Å²) in [6.45, 7) is 8.78. The van der Waals surface area contributed by atoms with Gasteiger partial charge in [0.2, 0.25) is 0 Å². The first-order valence-corrected chi connectivity index (χ1v) is 8.11. The van der Waals surface area contributed by atoms with Gasteiger partial charge < -0.3 is 5.11 Å². The SMILES string of the molecule is CC(C(=O)O)c1cccc(C2CCC(C(C)(C)C)CC2)c1. The van der Waals surface area contributed by atoms with Crippen molar-refractivity contribution >= 4 is 5.97 Å². The Balaban J connectivity index is 2.07. The lowest BCUT2D eigenvalue weighted by Crippen LogP contribution is -2.25. The van der Waals surface area contributed by atoms with Gasteiger partial charge in [-0.1, -0.05) is 45.0 Å². The fourth-order valence-corrected chi connectivity index (χ4v) is 3.52. The maximum Gasteiger partial charge on any atom is 0.310 e. The second kappa shape index (κ2) is 6.21. The molecule has 2 rings (SSSR count). The molecule has 21 heavy (non-hydrogen) atoms. The number of aliphatic carboxylic acids is 1. The van der Waals surface area contributed by atoms with Crippen LogP contribution in [-0.2, 0) is 4.79 Å². The molecule has 1 unspecified atom stereocenters. The summed E-state index contributed by atoms with van der Waals surface area (Å²) in [7, 11) is 0. The van der Waals surface area contributed by atoms with Crippen molar-refractivity contribution in [2.24, 2.45) is 11.3 Å². The van der Waals surface area contributed by atoms with Crippen LogP contribution in [0.4, 0.5) is 0 Å². The molecule has 0 amide bonds. The first-order valence-electron chi connectivity index (χ1n) is 8.11. The van der Waals surface area contributed by atoms with Crippen molar-refractivity contribution in [2.45, 2.75) is 65.2 Å². The smallest absolute Gasteiger partial charge is 0.310 e. The highest BCUT2D eigenvalue weighted by molar-refractivity contribution is 5.75. The fourth-order valence-electron chi connectivity index (χ4n) is 3.52. The minimum atomic E-state index is -0.747. The zero-order chi connectivity index (χ0) is 15.6. The Bertz CT molecular complexity index is 491. The van der Waals surface area contributed by atoms with E-state index >= 15 is 0 Å². The van der Waals surface area contributed by atoms with Gasteiger partial charge in [-0.05, 0) is 61.0 Å². The largest absolute Gasteiger partial charge is 0.481 e.